The fourth-order valence-corrected chi connectivity index (χ4v) is 2.85. The molecule has 6 nitrogen and oxygen atoms in total. The number of aryl methyl sites for hydroxylation is 1. The molecule has 0 aliphatic rings. The molecule has 0 atom stereocenters. The van der Waals surface area contributed by atoms with Crippen molar-refractivity contribution in [1.82, 2.24) is 5.16 Å². The van der Waals surface area contributed by atoms with Gasteiger partial charge in [0.25, 0.3) is 0 Å². The number of hydrogen-bond donors (Lipinski definition) is 2. The molecule has 21 heavy (non-hydrogen) atoms. The Balaban J connectivity index is 2.31. The van der Waals surface area contributed by atoms with E-state index >= 15 is 0 Å². The minimum atomic E-state index is -1.53. The molecule has 1 aromatic heterocycles. The van der Waals surface area contributed by atoms with Crippen LogP contribution in [0.15, 0.2) is 33.7 Å². The van der Waals surface area contributed by atoms with Gasteiger partial charge in [0.2, 0.25) is 0 Å². The Labute approximate surface area is 128 Å². The Kier molecular flexibility index (Phi) is 5.30. The number of hydrogen-bond acceptors (Lipinski definition) is 7. The summed E-state index contributed by atoms with van der Waals surface area (Å²) in [5.74, 6) is 1.39. The Morgan fingerprint density at radius 1 is 1.33 bits per heavy atom. The second kappa shape index (κ2) is 6.99. The van der Waals surface area contributed by atoms with E-state index in [-0.39, 0.29) is 6.73 Å². The largest absolute Gasteiger partial charge is 0.489 e. The zero-order valence-corrected chi connectivity index (χ0v) is 12.9. The molecule has 1 aromatic carbocycles. The van der Waals surface area contributed by atoms with Crippen molar-refractivity contribution >= 4 is 30.3 Å². The van der Waals surface area contributed by atoms with E-state index in [0.717, 1.165) is 11.3 Å². The summed E-state index contributed by atoms with van der Waals surface area (Å²) in [6, 6.07) is 7.06. The molecule has 1 heterocycles. The van der Waals surface area contributed by atoms with Gasteiger partial charge in [-0.2, -0.15) is 0 Å². The van der Waals surface area contributed by atoms with Crippen LogP contribution in [0.1, 0.15) is 11.3 Å². The Morgan fingerprint density at radius 2 is 2.05 bits per heavy atom. The predicted octanol–water partition coefficient (Wildman–Crippen LogP) is 1.09. The standard InChI is InChI=1S/C13H17BN2O4S/c1-9-10(2)20-15-13(9)16(8-19-3)21-12-7-5-4-6-11(12)14(17)18/h4-7,17-18H,8H2,1-3H3. The maximum Gasteiger partial charge on any atom is 0.489 e. The van der Waals surface area contributed by atoms with Crippen LogP contribution in [0.2, 0.25) is 0 Å². The molecule has 2 aromatic rings. The van der Waals surface area contributed by atoms with Crippen molar-refractivity contribution in [2.45, 2.75) is 18.7 Å². The van der Waals surface area contributed by atoms with Crippen LogP contribution in [0, 0.1) is 13.8 Å². The van der Waals surface area contributed by atoms with Crippen molar-refractivity contribution < 1.29 is 19.3 Å². The van der Waals surface area contributed by atoms with Crippen LogP contribution in [0.5, 0.6) is 0 Å². The summed E-state index contributed by atoms with van der Waals surface area (Å²) in [6.07, 6.45) is 0. The minimum Gasteiger partial charge on any atom is -0.423 e. The van der Waals surface area contributed by atoms with Crippen molar-refractivity contribution in [3.63, 3.8) is 0 Å². The summed E-state index contributed by atoms with van der Waals surface area (Å²) >= 11 is 1.31. The van der Waals surface area contributed by atoms with Crippen LogP contribution in [-0.4, -0.2) is 36.2 Å². The quantitative estimate of drug-likeness (QED) is 0.470. The zero-order chi connectivity index (χ0) is 15.4. The van der Waals surface area contributed by atoms with Gasteiger partial charge in [-0.05, 0) is 37.3 Å². The molecule has 2 rings (SSSR count). The molecule has 0 aliphatic heterocycles. The summed E-state index contributed by atoms with van der Waals surface area (Å²) in [4.78, 5) is 0.713. The topological polar surface area (TPSA) is 79.0 Å². The summed E-state index contributed by atoms with van der Waals surface area (Å²) < 4.78 is 12.2. The zero-order valence-electron chi connectivity index (χ0n) is 12.1. The van der Waals surface area contributed by atoms with Crippen LogP contribution in [0.25, 0.3) is 0 Å². The fraction of sp³-hybridized carbons (Fsp3) is 0.308. The van der Waals surface area contributed by atoms with Crippen LogP contribution in [0.4, 0.5) is 5.82 Å². The van der Waals surface area contributed by atoms with Crippen LogP contribution < -0.4 is 9.77 Å². The molecule has 0 fully saturated rings. The van der Waals surface area contributed by atoms with Crippen molar-refractivity contribution in [2.24, 2.45) is 0 Å². The number of nitrogens with zero attached hydrogens (tertiary/aromatic N) is 2. The van der Waals surface area contributed by atoms with Gasteiger partial charge in [0.15, 0.2) is 5.82 Å². The van der Waals surface area contributed by atoms with E-state index in [2.05, 4.69) is 5.16 Å². The third-order valence-corrected chi connectivity index (χ3v) is 4.09. The molecule has 0 saturated heterocycles. The van der Waals surface area contributed by atoms with Gasteiger partial charge in [-0.25, -0.2) is 0 Å². The Bertz CT molecular complexity index is 606. The first-order chi connectivity index (χ1) is 10.0. The SMILES string of the molecule is COCN(Sc1ccccc1B(O)O)c1noc(C)c1C. The first-order valence-electron chi connectivity index (χ1n) is 6.37. The first kappa shape index (κ1) is 15.9. The number of ether oxygens (including phenoxy) is 1. The number of anilines is 1. The lowest BCUT2D eigenvalue weighted by molar-refractivity contribution is 0.210. The third kappa shape index (κ3) is 3.59. The minimum absolute atomic E-state index is 0.285. The summed E-state index contributed by atoms with van der Waals surface area (Å²) in [6.45, 7) is 4.04. The molecular formula is C13H17BN2O4S. The molecule has 0 amide bonds. The molecule has 0 unspecified atom stereocenters. The molecule has 0 aliphatic carbocycles. The highest BCUT2D eigenvalue weighted by atomic mass is 32.2. The molecule has 0 spiro atoms. The number of benzene rings is 1. The average Bonchev–Trinajstić information content (AvgIpc) is 2.79. The van der Waals surface area contributed by atoms with Crippen LogP contribution >= 0.6 is 11.9 Å². The fourth-order valence-electron chi connectivity index (χ4n) is 1.78. The molecule has 112 valence electrons. The Hall–Kier alpha value is -1.48. The average molecular weight is 308 g/mol. The number of rotatable bonds is 6. The van der Waals surface area contributed by atoms with E-state index in [4.69, 9.17) is 9.26 Å². The smallest absolute Gasteiger partial charge is 0.423 e. The lowest BCUT2D eigenvalue weighted by Gasteiger charge is -2.21. The second-order valence-electron chi connectivity index (χ2n) is 4.49. The van der Waals surface area contributed by atoms with Gasteiger partial charge >= 0.3 is 7.12 Å². The number of aromatic nitrogens is 1. The lowest BCUT2D eigenvalue weighted by Crippen LogP contribution is -2.32. The highest BCUT2D eigenvalue weighted by Gasteiger charge is 2.21. The van der Waals surface area contributed by atoms with Gasteiger partial charge in [-0.3, -0.25) is 4.31 Å². The van der Waals surface area contributed by atoms with Crippen molar-refractivity contribution in [3.8, 4) is 0 Å². The van der Waals surface area contributed by atoms with E-state index in [0.29, 0.717) is 16.2 Å². The normalized spacial score (nSPS) is 10.7. The van der Waals surface area contributed by atoms with E-state index in [1.807, 2.05) is 26.0 Å². The third-order valence-electron chi connectivity index (χ3n) is 3.02. The van der Waals surface area contributed by atoms with Crippen molar-refractivity contribution in [2.75, 3.05) is 18.1 Å². The Morgan fingerprint density at radius 3 is 2.62 bits per heavy atom. The highest BCUT2D eigenvalue weighted by molar-refractivity contribution is 8.00. The van der Waals surface area contributed by atoms with Crippen molar-refractivity contribution in [3.05, 3.63) is 35.6 Å². The summed E-state index contributed by atoms with van der Waals surface area (Å²) in [5.41, 5.74) is 1.35. The van der Waals surface area contributed by atoms with E-state index in [1.165, 1.54) is 11.9 Å². The van der Waals surface area contributed by atoms with Gasteiger partial charge in [-0.15, -0.1) is 0 Å². The molecule has 2 N–H and O–H groups in total. The van der Waals surface area contributed by atoms with E-state index in [1.54, 1.807) is 23.5 Å². The molecular weight excluding hydrogens is 291 g/mol. The van der Waals surface area contributed by atoms with Gasteiger partial charge in [0, 0.05) is 17.6 Å². The van der Waals surface area contributed by atoms with Crippen molar-refractivity contribution in [1.29, 1.82) is 0 Å². The van der Waals surface area contributed by atoms with E-state index < -0.39 is 7.12 Å². The predicted molar refractivity (Wildman–Crippen MR) is 82.5 cm³/mol. The van der Waals surface area contributed by atoms with Gasteiger partial charge < -0.3 is 19.3 Å². The highest BCUT2D eigenvalue weighted by Crippen LogP contribution is 2.30. The molecule has 8 heteroatoms. The molecule has 0 saturated carbocycles. The maximum atomic E-state index is 9.43. The number of methoxy groups -OCH3 is 1. The van der Waals surface area contributed by atoms with Crippen LogP contribution in [0.3, 0.4) is 0 Å². The lowest BCUT2D eigenvalue weighted by atomic mass is 9.80. The van der Waals surface area contributed by atoms with Gasteiger partial charge in [-0.1, -0.05) is 23.4 Å². The molecule has 0 bridgehead atoms. The van der Waals surface area contributed by atoms with Gasteiger partial charge in [0.05, 0.1) is 0 Å². The van der Waals surface area contributed by atoms with Gasteiger partial charge in [0.1, 0.15) is 12.5 Å². The van der Waals surface area contributed by atoms with Crippen LogP contribution in [-0.2, 0) is 4.74 Å². The molecule has 0 radical (unpaired) electrons. The summed E-state index contributed by atoms with van der Waals surface area (Å²) in [7, 11) is 0.0565. The van der Waals surface area contributed by atoms with E-state index in [9.17, 15) is 10.0 Å². The monoisotopic (exact) mass is 308 g/mol. The maximum absolute atomic E-state index is 9.43. The first-order valence-corrected chi connectivity index (χ1v) is 7.14. The second-order valence-corrected chi connectivity index (χ2v) is 5.55. The summed E-state index contributed by atoms with van der Waals surface area (Å²) in [5, 5.41) is 22.9.